The Hall–Kier alpha value is -0.180. The third-order valence-corrected chi connectivity index (χ3v) is 6.43. The third-order valence-electron chi connectivity index (χ3n) is 2.76. The number of hydrogen-bond acceptors (Lipinski definition) is 5. The first-order chi connectivity index (χ1) is 8.46. The van der Waals surface area contributed by atoms with Gasteiger partial charge in [0, 0.05) is 32.4 Å². The van der Waals surface area contributed by atoms with Crippen LogP contribution in [0, 0.1) is 0 Å². The molecule has 1 N–H and O–H groups in total. The van der Waals surface area contributed by atoms with Gasteiger partial charge in [0.25, 0.3) is 10.0 Å². The molecule has 0 bridgehead atoms. The van der Waals surface area contributed by atoms with E-state index in [4.69, 9.17) is 16.3 Å². The first-order valence-electron chi connectivity index (χ1n) is 5.43. The summed E-state index contributed by atoms with van der Waals surface area (Å²) in [6.45, 7) is 0.897. The molecule has 0 aliphatic carbocycles. The molecule has 1 aromatic rings. The molecule has 0 unspecified atom stereocenters. The van der Waals surface area contributed by atoms with Gasteiger partial charge >= 0.3 is 0 Å². The Bertz CT molecular complexity index is 528. The lowest BCUT2D eigenvalue weighted by atomic mass is 10.2. The summed E-state index contributed by atoms with van der Waals surface area (Å²) in [6.07, 6.45) is -0.216. The van der Waals surface area contributed by atoms with E-state index >= 15 is 0 Å². The summed E-state index contributed by atoms with van der Waals surface area (Å²) in [7, 11) is -1.96. The van der Waals surface area contributed by atoms with Crippen molar-refractivity contribution in [1.82, 2.24) is 4.31 Å². The number of β-amino-alcohol motifs (C(OH)–C–C–N with tert-alkyl or cyclic N) is 1. The van der Waals surface area contributed by atoms with E-state index in [0.29, 0.717) is 29.5 Å². The summed E-state index contributed by atoms with van der Waals surface area (Å²) in [5.74, 6) is 0. The molecule has 2 rings (SSSR count). The summed E-state index contributed by atoms with van der Waals surface area (Å²) in [4.78, 5) is 0. The first-order valence-corrected chi connectivity index (χ1v) is 8.06. The predicted molar refractivity (Wildman–Crippen MR) is 69.5 cm³/mol. The number of fused-ring (bicyclic) bond motifs is 1. The highest BCUT2D eigenvalue weighted by atomic mass is 35.5. The van der Waals surface area contributed by atoms with Crippen LogP contribution in [0.25, 0.3) is 0 Å². The molecule has 0 fully saturated rings. The normalized spacial score (nSPS) is 22.9. The van der Waals surface area contributed by atoms with E-state index < -0.39 is 16.1 Å². The van der Waals surface area contributed by atoms with Crippen molar-refractivity contribution in [3.05, 3.63) is 16.0 Å². The molecule has 0 amide bonds. The van der Waals surface area contributed by atoms with Crippen LogP contribution < -0.4 is 0 Å². The van der Waals surface area contributed by atoms with Crippen molar-refractivity contribution in [2.24, 2.45) is 0 Å². The van der Waals surface area contributed by atoms with Crippen LogP contribution in [0.1, 0.15) is 18.1 Å². The standard InChI is InChI=1S/C10H14ClNO4S2/c1-16-4-2-3-12-6-8(13)7-5-9(11)17-10(7)18(12,14)15/h5,8,13H,2-4,6H2,1H3/t8-/m1/s1. The minimum atomic E-state index is -3.52. The Morgan fingerprint density at radius 1 is 1.67 bits per heavy atom. The molecule has 0 aromatic carbocycles. The van der Waals surface area contributed by atoms with E-state index in [-0.39, 0.29) is 10.8 Å². The van der Waals surface area contributed by atoms with Gasteiger partial charge in [-0.15, -0.1) is 11.3 Å². The number of aliphatic hydroxyl groups excluding tert-OH is 1. The van der Waals surface area contributed by atoms with Crippen molar-refractivity contribution in [2.45, 2.75) is 16.7 Å². The molecule has 102 valence electrons. The maximum atomic E-state index is 12.3. The van der Waals surface area contributed by atoms with E-state index in [1.807, 2.05) is 0 Å². The van der Waals surface area contributed by atoms with Crippen molar-refractivity contribution in [2.75, 3.05) is 26.8 Å². The Kier molecular flexibility index (Phi) is 4.30. The number of aliphatic hydroxyl groups is 1. The largest absolute Gasteiger partial charge is 0.387 e. The van der Waals surface area contributed by atoms with Gasteiger partial charge < -0.3 is 9.84 Å². The van der Waals surface area contributed by atoms with E-state index in [0.717, 1.165) is 11.3 Å². The van der Waals surface area contributed by atoms with Crippen LogP contribution in [0.15, 0.2) is 10.3 Å². The highest BCUT2D eigenvalue weighted by Gasteiger charge is 2.37. The highest BCUT2D eigenvalue weighted by molar-refractivity contribution is 7.91. The summed E-state index contributed by atoms with van der Waals surface area (Å²) in [6, 6.07) is 1.52. The maximum absolute atomic E-state index is 12.3. The van der Waals surface area contributed by atoms with Crippen LogP contribution in [-0.4, -0.2) is 44.6 Å². The Labute approximate surface area is 115 Å². The molecular formula is C10H14ClNO4S2. The van der Waals surface area contributed by atoms with Crippen molar-refractivity contribution in [3.63, 3.8) is 0 Å². The minimum absolute atomic E-state index is 0.0755. The Morgan fingerprint density at radius 3 is 3.06 bits per heavy atom. The lowest BCUT2D eigenvalue weighted by Crippen LogP contribution is -2.39. The molecule has 1 aromatic heterocycles. The first kappa shape index (κ1) is 14.2. The topological polar surface area (TPSA) is 66.8 Å². The second-order valence-corrected chi connectivity index (χ2v) is 7.84. The molecule has 2 heterocycles. The molecule has 8 heteroatoms. The van der Waals surface area contributed by atoms with E-state index in [1.54, 1.807) is 7.11 Å². The number of thiophene rings is 1. The number of ether oxygens (including phenoxy) is 1. The van der Waals surface area contributed by atoms with Gasteiger partial charge in [-0.05, 0) is 12.5 Å². The number of halogens is 1. The monoisotopic (exact) mass is 311 g/mol. The van der Waals surface area contributed by atoms with Crippen LogP contribution in [0.4, 0.5) is 0 Å². The smallest absolute Gasteiger partial charge is 0.253 e. The summed E-state index contributed by atoms with van der Waals surface area (Å²) < 4.78 is 31.3. The van der Waals surface area contributed by atoms with Crippen LogP contribution in [0.2, 0.25) is 4.34 Å². The number of sulfonamides is 1. The fraction of sp³-hybridized carbons (Fsp3) is 0.600. The van der Waals surface area contributed by atoms with E-state index in [9.17, 15) is 13.5 Å². The predicted octanol–water partition coefficient (Wildman–Crippen LogP) is 1.48. The lowest BCUT2D eigenvalue weighted by Gasteiger charge is -2.29. The van der Waals surface area contributed by atoms with Gasteiger partial charge in [0.05, 0.1) is 10.4 Å². The van der Waals surface area contributed by atoms with Gasteiger partial charge in [-0.25, -0.2) is 8.42 Å². The van der Waals surface area contributed by atoms with Gasteiger partial charge in [-0.1, -0.05) is 11.6 Å². The quantitative estimate of drug-likeness (QED) is 0.855. The molecule has 1 aliphatic heterocycles. The van der Waals surface area contributed by atoms with Crippen LogP contribution >= 0.6 is 22.9 Å². The molecule has 0 saturated heterocycles. The lowest BCUT2D eigenvalue weighted by molar-refractivity contribution is 0.131. The number of methoxy groups -OCH3 is 1. The van der Waals surface area contributed by atoms with Crippen LogP contribution in [0.5, 0.6) is 0 Å². The van der Waals surface area contributed by atoms with Crippen molar-refractivity contribution >= 4 is 33.0 Å². The van der Waals surface area contributed by atoms with Gasteiger partial charge in [0.15, 0.2) is 0 Å². The van der Waals surface area contributed by atoms with Crippen molar-refractivity contribution in [3.8, 4) is 0 Å². The van der Waals surface area contributed by atoms with Gasteiger partial charge in [0.2, 0.25) is 0 Å². The van der Waals surface area contributed by atoms with E-state index in [2.05, 4.69) is 0 Å². The maximum Gasteiger partial charge on any atom is 0.253 e. The Balaban J connectivity index is 2.27. The van der Waals surface area contributed by atoms with E-state index in [1.165, 1.54) is 10.4 Å². The summed E-state index contributed by atoms with van der Waals surface area (Å²) in [5.41, 5.74) is 0.410. The Morgan fingerprint density at radius 2 is 2.39 bits per heavy atom. The molecular weight excluding hydrogens is 298 g/mol. The average molecular weight is 312 g/mol. The fourth-order valence-corrected chi connectivity index (χ4v) is 5.50. The summed E-state index contributed by atoms with van der Waals surface area (Å²) in [5, 5.41) is 9.94. The van der Waals surface area contributed by atoms with Gasteiger partial charge in [0.1, 0.15) is 4.21 Å². The second kappa shape index (κ2) is 5.44. The number of hydrogen-bond donors (Lipinski definition) is 1. The van der Waals surface area contributed by atoms with Gasteiger partial charge in [-0.2, -0.15) is 4.31 Å². The number of nitrogens with zero attached hydrogens (tertiary/aromatic N) is 1. The molecule has 5 nitrogen and oxygen atoms in total. The fourth-order valence-electron chi connectivity index (χ4n) is 1.90. The average Bonchev–Trinajstić information content (AvgIpc) is 2.70. The molecule has 0 saturated carbocycles. The van der Waals surface area contributed by atoms with Crippen molar-refractivity contribution in [1.29, 1.82) is 0 Å². The zero-order valence-electron chi connectivity index (χ0n) is 9.80. The minimum Gasteiger partial charge on any atom is -0.387 e. The second-order valence-electron chi connectivity index (χ2n) is 4.02. The molecule has 18 heavy (non-hydrogen) atoms. The zero-order chi connectivity index (χ0) is 13.3. The zero-order valence-corrected chi connectivity index (χ0v) is 12.2. The molecule has 1 atom stereocenters. The van der Waals surface area contributed by atoms with Gasteiger partial charge in [-0.3, -0.25) is 0 Å². The SMILES string of the molecule is COCCCN1C[C@@H](O)c2cc(Cl)sc2S1(=O)=O. The molecule has 1 aliphatic rings. The highest BCUT2D eigenvalue weighted by Crippen LogP contribution is 2.40. The third kappa shape index (κ3) is 2.56. The van der Waals surface area contributed by atoms with Crippen LogP contribution in [-0.2, 0) is 14.8 Å². The molecule has 0 radical (unpaired) electrons. The van der Waals surface area contributed by atoms with Crippen LogP contribution in [0.3, 0.4) is 0 Å². The number of rotatable bonds is 4. The van der Waals surface area contributed by atoms with Crippen molar-refractivity contribution < 1.29 is 18.3 Å². The summed E-state index contributed by atoms with van der Waals surface area (Å²) >= 11 is 6.81. The molecule has 0 spiro atoms.